The van der Waals surface area contributed by atoms with Gasteiger partial charge in [0.2, 0.25) is 0 Å². The molecule has 106 valence electrons. The summed E-state index contributed by atoms with van der Waals surface area (Å²) in [6.07, 6.45) is 9.02. The lowest BCUT2D eigenvalue weighted by atomic mass is 9.76. The van der Waals surface area contributed by atoms with Crippen molar-refractivity contribution in [3.63, 3.8) is 0 Å². The zero-order valence-electron chi connectivity index (χ0n) is 11.6. The highest BCUT2D eigenvalue weighted by molar-refractivity contribution is 4.86. The van der Waals surface area contributed by atoms with E-state index in [1.165, 1.54) is 6.42 Å². The minimum absolute atomic E-state index is 0.499. The van der Waals surface area contributed by atoms with Crippen LogP contribution >= 0.6 is 0 Å². The second kappa shape index (κ2) is 8.65. The van der Waals surface area contributed by atoms with Crippen LogP contribution in [0.5, 0.6) is 0 Å². The Hall–Kier alpha value is -0.410. The maximum absolute atomic E-state index is 14.5. The third-order valence-corrected chi connectivity index (χ3v) is 3.83. The predicted octanol–water partition coefficient (Wildman–Crippen LogP) is 4.60. The van der Waals surface area contributed by atoms with Gasteiger partial charge in [0.1, 0.15) is 5.67 Å². The zero-order chi connectivity index (χ0) is 13.3. The molecule has 0 spiro atoms. The van der Waals surface area contributed by atoms with Crippen molar-refractivity contribution in [2.45, 2.75) is 64.0 Å². The van der Waals surface area contributed by atoms with Crippen LogP contribution in [0.25, 0.3) is 0 Å². The van der Waals surface area contributed by atoms with E-state index in [4.69, 9.17) is 9.78 Å². The van der Waals surface area contributed by atoms with Crippen molar-refractivity contribution in [2.75, 3.05) is 13.2 Å². The molecular formula is C15H27FO2. The third-order valence-electron chi connectivity index (χ3n) is 3.83. The first kappa shape index (κ1) is 15.6. The van der Waals surface area contributed by atoms with Crippen LogP contribution in [0.3, 0.4) is 0 Å². The Balaban J connectivity index is 2.12. The van der Waals surface area contributed by atoms with Crippen LogP contribution in [0.2, 0.25) is 0 Å². The molecule has 3 heteroatoms. The van der Waals surface area contributed by atoms with Gasteiger partial charge in [-0.2, -0.15) is 0 Å². The Bertz CT molecular complexity index is 223. The van der Waals surface area contributed by atoms with E-state index in [-0.39, 0.29) is 0 Å². The van der Waals surface area contributed by atoms with Gasteiger partial charge < -0.3 is 0 Å². The number of rotatable bonds is 9. The molecule has 0 aliphatic heterocycles. The van der Waals surface area contributed by atoms with Crippen molar-refractivity contribution >= 4 is 0 Å². The summed E-state index contributed by atoms with van der Waals surface area (Å²) in [6.45, 7) is 6.66. The molecule has 0 amide bonds. The average molecular weight is 258 g/mol. The largest absolute Gasteiger partial charge is 0.244 e. The van der Waals surface area contributed by atoms with Crippen molar-refractivity contribution < 1.29 is 14.2 Å². The SMILES string of the molecule is C=CCCC1CCC(F)(CCCOOCC)CC1. The molecule has 0 aromatic heterocycles. The van der Waals surface area contributed by atoms with E-state index < -0.39 is 5.67 Å². The number of alkyl halides is 1. The zero-order valence-corrected chi connectivity index (χ0v) is 11.6. The van der Waals surface area contributed by atoms with Gasteiger partial charge in [0.15, 0.2) is 0 Å². The molecule has 0 saturated heterocycles. The van der Waals surface area contributed by atoms with Gasteiger partial charge in [-0.3, -0.25) is 0 Å². The molecule has 0 atom stereocenters. The van der Waals surface area contributed by atoms with Crippen molar-refractivity contribution in [3.05, 3.63) is 12.7 Å². The van der Waals surface area contributed by atoms with E-state index in [2.05, 4.69) is 6.58 Å². The summed E-state index contributed by atoms with van der Waals surface area (Å²) in [6, 6.07) is 0. The Morgan fingerprint density at radius 3 is 2.67 bits per heavy atom. The van der Waals surface area contributed by atoms with Crippen LogP contribution in [0.15, 0.2) is 12.7 Å². The lowest BCUT2D eigenvalue weighted by molar-refractivity contribution is -0.292. The quantitative estimate of drug-likeness (QED) is 0.260. The topological polar surface area (TPSA) is 18.5 Å². The van der Waals surface area contributed by atoms with Crippen LogP contribution in [0.4, 0.5) is 4.39 Å². The summed E-state index contributed by atoms with van der Waals surface area (Å²) in [5.41, 5.74) is -0.958. The average Bonchev–Trinajstić information content (AvgIpc) is 2.38. The smallest absolute Gasteiger partial charge is 0.111 e. The lowest BCUT2D eigenvalue weighted by Gasteiger charge is -2.34. The van der Waals surface area contributed by atoms with E-state index in [0.29, 0.717) is 38.4 Å². The predicted molar refractivity (Wildman–Crippen MR) is 72.0 cm³/mol. The highest BCUT2D eigenvalue weighted by Gasteiger charge is 2.34. The minimum atomic E-state index is -0.958. The Kier molecular flexibility index (Phi) is 7.52. The monoisotopic (exact) mass is 258 g/mol. The summed E-state index contributed by atoms with van der Waals surface area (Å²) in [5, 5.41) is 0. The van der Waals surface area contributed by atoms with Crippen LogP contribution in [-0.4, -0.2) is 18.9 Å². The molecule has 0 unspecified atom stereocenters. The third kappa shape index (κ3) is 5.96. The lowest BCUT2D eigenvalue weighted by Crippen LogP contribution is -2.30. The first-order valence-electron chi connectivity index (χ1n) is 7.24. The van der Waals surface area contributed by atoms with Gasteiger partial charge in [-0.15, -0.1) is 6.58 Å². The Labute approximate surface area is 110 Å². The van der Waals surface area contributed by atoms with Gasteiger partial charge in [0, 0.05) is 0 Å². The van der Waals surface area contributed by atoms with Gasteiger partial charge in [0.05, 0.1) is 13.2 Å². The van der Waals surface area contributed by atoms with Gasteiger partial charge in [0.25, 0.3) is 0 Å². The molecule has 0 aromatic carbocycles. The number of halogens is 1. The fourth-order valence-corrected chi connectivity index (χ4v) is 2.68. The van der Waals surface area contributed by atoms with Crippen molar-refractivity contribution in [2.24, 2.45) is 5.92 Å². The summed E-state index contributed by atoms with van der Waals surface area (Å²) in [7, 11) is 0. The number of allylic oxidation sites excluding steroid dienone is 1. The van der Waals surface area contributed by atoms with Crippen molar-refractivity contribution in [1.82, 2.24) is 0 Å². The van der Waals surface area contributed by atoms with Crippen LogP contribution in [0, 0.1) is 5.92 Å². The molecule has 1 rings (SSSR count). The van der Waals surface area contributed by atoms with Crippen LogP contribution in [0.1, 0.15) is 58.3 Å². The molecule has 0 bridgehead atoms. The standard InChI is InChI=1S/C15H27FO2/c1-3-5-7-14-8-11-15(16,12-9-14)10-6-13-18-17-4-2/h3,14H,1,4-13H2,2H3. The maximum Gasteiger partial charge on any atom is 0.111 e. The van der Waals surface area contributed by atoms with Gasteiger partial charge in [-0.25, -0.2) is 14.2 Å². The summed E-state index contributed by atoms with van der Waals surface area (Å²) >= 11 is 0. The molecule has 2 nitrogen and oxygen atoms in total. The summed E-state index contributed by atoms with van der Waals surface area (Å²) < 4.78 is 14.5. The van der Waals surface area contributed by atoms with E-state index in [1.54, 1.807) is 0 Å². The first-order chi connectivity index (χ1) is 8.70. The molecule has 1 fully saturated rings. The highest BCUT2D eigenvalue weighted by atomic mass is 19.1. The number of hydrogen-bond donors (Lipinski definition) is 0. The number of hydrogen-bond acceptors (Lipinski definition) is 2. The van der Waals surface area contributed by atoms with Gasteiger partial charge in [-0.05, 0) is 64.2 Å². The van der Waals surface area contributed by atoms with Crippen molar-refractivity contribution in [3.8, 4) is 0 Å². The molecule has 1 aliphatic carbocycles. The molecule has 1 aliphatic rings. The molecule has 1 saturated carbocycles. The molecule has 0 heterocycles. The second-order valence-corrected chi connectivity index (χ2v) is 5.29. The van der Waals surface area contributed by atoms with Crippen LogP contribution < -0.4 is 0 Å². The molecular weight excluding hydrogens is 231 g/mol. The molecule has 18 heavy (non-hydrogen) atoms. The second-order valence-electron chi connectivity index (χ2n) is 5.29. The van der Waals surface area contributed by atoms with E-state index >= 15 is 0 Å². The van der Waals surface area contributed by atoms with E-state index in [1.807, 2.05) is 13.0 Å². The molecule has 0 N–H and O–H groups in total. The molecule has 0 aromatic rings. The van der Waals surface area contributed by atoms with Crippen LogP contribution in [-0.2, 0) is 9.78 Å². The fraction of sp³-hybridized carbons (Fsp3) is 0.867. The molecule has 0 radical (unpaired) electrons. The normalized spacial score (nSPS) is 28.2. The Morgan fingerprint density at radius 2 is 2.06 bits per heavy atom. The van der Waals surface area contributed by atoms with E-state index in [0.717, 1.165) is 25.7 Å². The first-order valence-corrected chi connectivity index (χ1v) is 7.24. The fourth-order valence-electron chi connectivity index (χ4n) is 2.68. The minimum Gasteiger partial charge on any atom is -0.244 e. The van der Waals surface area contributed by atoms with E-state index in [9.17, 15) is 4.39 Å². The highest BCUT2D eigenvalue weighted by Crippen LogP contribution is 2.39. The van der Waals surface area contributed by atoms with Gasteiger partial charge >= 0.3 is 0 Å². The van der Waals surface area contributed by atoms with Crippen molar-refractivity contribution in [1.29, 1.82) is 0 Å². The Morgan fingerprint density at radius 1 is 1.33 bits per heavy atom. The van der Waals surface area contributed by atoms with Gasteiger partial charge in [-0.1, -0.05) is 6.08 Å². The summed E-state index contributed by atoms with van der Waals surface area (Å²) in [5.74, 6) is 0.701. The maximum atomic E-state index is 14.5. The summed E-state index contributed by atoms with van der Waals surface area (Å²) in [4.78, 5) is 9.70.